The number of hydrogen-bond donors (Lipinski definition) is 1. The molecule has 1 heterocycles. The lowest BCUT2D eigenvalue weighted by Gasteiger charge is -2.40. The first-order valence-electron chi connectivity index (χ1n) is 6.79. The topological polar surface area (TPSA) is 67.6 Å². The fourth-order valence-electron chi connectivity index (χ4n) is 2.64. The van der Waals surface area contributed by atoms with E-state index < -0.39 is 5.97 Å². The zero-order chi connectivity index (χ0) is 14.7. The van der Waals surface area contributed by atoms with Gasteiger partial charge in [-0.05, 0) is 31.7 Å². The molecule has 0 bridgehead atoms. The first-order valence-corrected chi connectivity index (χ1v) is 6.79. The van der Waals surface area contributed by atoms with Crippen LogP contribution in [0.1, 0.15) is 29.3 Å². The van der Waals surface area contributed by atoms with Crippen molar-refractivity contribution in [1.82, 2.24) is 4.90 Å². The molecule has 5 heteroatoms. The van der Waals surface area contributed by atoms with Crippen LogP contribution < -0.4 is 4.90 Å². The number of carboxylic acid groups (broad SMARTS) is 1. The fourth-order valence-corrected chi connectivity index (χ4v) is 2.64. The van der Waals surface area contributed by atoms with E-state index in [0.29, 0.717) is 11.6 Å². The molecule has 5 nitrogen and oxygen atoms in total. The van der Waals surface area contributed by atoms with Gasteiger partial charge in [0, 0.05) is 25.7 Å². The number of aromatic carboxylic acids is 1. The molecule has 0 spiro atoms. The molecular weight excluding hydrogens is 254 g/mol. The molecule has 1 unspecified atom stereocenters. The van der Waals surface area contributed by atoms with Crippen LogP contribution in [0.2, 0.25) is 0 Å². The zero-order valence-corrected chi connectivity index (χ0v) is 11.8. The molecule has 0 aliphatic carbocycles. The average molecular weight is 273 g/mol. The minimum atomic E-state index is -1.00. The third-order valence-corrected chi connectivity index (χ3v) is 3.95. The van der Waals surface area contributed by atoms with E-state index in [9.17, 15) is 10.1 Å². The van der Waals surface area contributed by atoms with Gasteiger partial charge in [0.2, 0.25) is 0 Å². The van der Waals surface area contributed by atoms with Crippen molar-refractivity contribution in [2.24, 2.45) is 0 Å². The summed E-state index contributed by atoms with van der Waals surface area (Å²) in [5, 5.41) is 18.2. The maximum atomic E-state index is 11.0. The van der Waals surface area contributed by atoms with Crippen LogP contribution in [0.3, 0.4) is 0 Å². The summed E-state index contributed by atoms with van der Waals surface area (Å²) in [4.78, 5) is 15.5. The fraction of sp³-hybridized carbons (Fsp3) is 0.467. The maximum absolute atomic E-state index is 11.0. The van der Waals surface area contributed by atoms with E-state index >= 15 is 0 Å². The lowest BCUT2D eigenvalue weighted by molar-refractivity contribution is 0.0697. The molecule has 1 aliphatic rings. The van der Waals surface area contributed by atoms with Crippen LogP contribution in [-0.4, -0.2) is 48.7 Å². The van der Waals surface area contributed by atoms with Crippen LogP contribution in [0.15, 0.2) is 18.2 Å². The summed E-state index contributed by atoms with van der Waals surface area (Å²) in [7, 11) is 2.12. The van der Waals surface area contributed by atoms with E-state index in [1.807, 2.05) is 0 Å². The summed E-state index contributed by atoms with van der Waals surface area (Å²) >= 11 is 0. The van der Waals surface area contributed by atoms with Crippen molar-refractivity contribution in [3.63, 3.8) is 0 Å². The summed E-state index contributed by atoms with van der Waals surface area (Å²) in [6.07, 6.45) is 1.06. The Balaban J connectivity index is 2.29. The zero-order valence-electron chi connectivity index (χ0n) is 11.8. The van der Waals surface area contributed by atoms with Crippen molar-refractivity contribution < 1.29 is 9.90 Å². The number of nitriles is 1. The largest absolute Gasteiger partial charge is 0.478 e. The monoisotopic (exact) mass is 273 g/mol. The molecule has 1 aromatic carbocycles. The number of anilines is 1. The maximum Gasteiger partial charge on any atom is 0.335 e. The molecule has 1 fully saturated rings. The lowest BCUT2D eigenvalue weighted by Crippen LogP contribution is -2.51. The van der Waals surface area contributed by atoms with Gasteiger partial charge >= 0.3 is 5.97 Å². The van der Waals surface area contributed by atoms with Crippen LogP contribution in [0.25, 0.3) is 0 Å². The molecule has 1 aliphatic heterocycles. The van der Waals surface area contributed by atoms with Crippen LogP contribution >= 0.6 is 0 Å². The molecule has 20 heavy (non-hydrogen) atoms. The molecule has 0 aromatic heterocycles. The van der Waals surface area contributed by atoms with Gasteiger partial charge in [0.05, 0.1) is 16.8 Å². The Labute approximate surface area is 119 Å². The molecule has 1 N–H and O–H groups in total. The van der Waals surface area contributed by atoms with Crippen molar-refractivity contribution in [3.8, 4) is 6.07 Å². The van der Waals surface area contributed by atoms with Crippen molar-refractivity contribution >= 4 is 11.7 Å². The van der Waals surface area contributed by atoms with Gasteiger partial charge in [0.25, 0.3) is 0 Å². The number of carboxylic acids is 1. The quantitative estimate of drug-likeness (QED) is 0.909. The Morgan fingerprint density at radius 1 is 1.50 bits per heavy atom. The minimum absolute atomic E-state index is 0.159. The average Bonchev–Trinajstić information content (AvgIpc) is 2.47. The highest BCUT2D eigenvalue weighted by atomic mass is 16.4. The number of carbonyl (C=O) groups is 1. The van der Waals surface area contributed by atoms with E-state index in [1.165, 1.54) is 6.07 Å². The third kappa shape index (κ3) is 2.75. The summed E-state index contributed by atoms with van der Waals surface area (Å²) in [6.45, 7) is 4.83. The Morgan fingerprint density at radius 2 is 2.25 bits per heavy atom. The summed E-state index contributed by atoms with van der Waals surface area (Å²) in [5.74, 6) is -1.00. The van der Waals surface area contributed by atoms with E-state index in [-0.39, 0.29) is 5.56 Å². The van der Waals surface area contributed by atoms with Gasteiger partial charge in [-0.15, -0.1) is 0 Å². The van der Waals surface area contributed by atoms with Crippen LogP contribution in [0, 0.1) is 11.3 Å². The van der Waals surface area contributed by atoms with Gasteiger partial charge in [-0.2, -0.15) is 5.26 Å². The second-order valence-corrected chi connectivity index (χ2v) is 5.14. The first-order chi connectivity index (χ1) is 9.56. The number of nitrogens with zero attached hydrogens (tertiary/aromatic N) is 3. The molecule has 1 saturated heterocycles. The van der Waals surface area contributed by atoms with E-state index in [4.69, 9.17) is 5.11 Å². The Morgan fingerprint density at radius 3 is 2.85 bits per heavy atom. The molecule has 0 radical (unpaired) electrons. The van der Waals surface area contributed by atoms with Gasteiger partial charge in [-0.25, -0.2) is 4.79 Å². The lowest BCUT2D eigenvalue weighted by atomic mass is 10.1. The summed E-state index contributed by atoms with van der Waals surface area (Å²) < 4.78 is 0. The van der Waals surface area contributed by atoms with E-state index in [1.54, 1.807) is 12.1 Å². The van der Waals surface area contributed by atoms with Gasteiger partial charge < -0.3 is 10.0 Å². The van der Waals surface area contributed by atoms with Crippen molar-refractivity contribution in [1.29, 1.82) is 5.26 Å². The third-order valence-electron chi connectivity index (χ3n) is 3.95. The van der Waals surface area contributed by atoms with Crippen molar-refractivity contribution in [3.05, 3.63) is 29.3 Å². The molecule has 106 valence electrons. The molecule has 1 atom stereocenters. The van der Waals surface area contributed by atoms with Crippen LogP contribution in [0.4, 0.5) is 5.69 Å². The number of hydrogen-bond acceptors (Lipinski definition) is 4. The summed E-state index contributed by atoms with van der Waals surface area (Å²) in [5.41, 5.74) is 1.43. The van der Waals surface area contributed by atoms with Crippen molar-refractivity contribution in [2.75, 3.05) is 31.6 Å². The number of benzene rings is 1. The molecule has 0 amide bonds. The SMILES string of the molecule is CCC1CN(c2ccc(C(=O)O)cc2C#N)CCN1C. The molecule has 2 rings (SSSR count). The highest BCUT2D eigenvalue weighted by Gasteiger charge is 2.24. The Bertz CT molecular complexity index is 551. The van der Waals surface area contributed by atoms with E-state index in [0.717, 1.165) is 31.7 Å². The predicted molar refractivity (Wildman–Crippen MR) is 77.0 cm³/mol. The molecule has 0 saturated carbocycles. The van der Waals surface area contributed by atoms with Gasteiger partial charge in [-0.1, -0.05) is 6.92 Å². The van der Waals surface area contributed by atoms with Gasteiger partial charge in [-0.3, -0.25) is 4.90 Å². The number of piperazine rings is 1. The predicted octanol–water partition coefficient (Wildman–Crippen LogP) is 1.79. The van der Waals surface area contributed by atoms with Crippen LogP contribution in [0.5, 0.6) is 0 Å². The van der Waals surface area contributed by atoms with E-state index in [2.05, 4.69) is 29.8 Å². The van der Waals surface area contributed by atoms with Crippen LogP contribution in [-0.2, 0) is 0 Å². The van der Waals surface area contributed by atoms with Gasteiger partial charge in [0.15, 0.2) is 0 Å². The molecule has 1 aromatic rings. The summed E-state index contributed by atoms with van der Waals surface area (Å²) in [6, 6.07) is 7.35. The Hall–Kier alpha value is -2.06. The first kappa shape index (κ1) is 14.4. The van der Waals surface area contributed by atoms with Crippen molar-refractivity contribution in [2.45, 2.75) is 19.4 Å². The second-order valence-electron chi connectivity index (χ2n) is 5.14. The van der Waals surface area contributed by atoms with Gasteiger partial charge in [0.1, 0.15) is 6.07 Å². The minimum Gasteiger partial charge on any atom is -0.478 e. The molecular formula is C15H19N3O2. The highest BCUT2D eigenvalue weighted by molar-refractivity contribution is 5.89. The standard InChI is InChI=1S/C15H19N3O2/c1-3-13-10-18(7-6-17(13)2)14-5-4-11(15(19)20)8-12(14)9-16/h4-5,8,13H,3,6-7,10H2,1-2H3,(H,19,20). The normalized spacial score (nSPS) is 19.6. The number of rotatable bonds is 3. The second kappa shape index (κ2) is 5.93. The smallest absolute Gasteiger partial charge is 0.335 e. The highest BCUT2D eigenvalue weighted by Crippen LogP contribution is 2.24. The Kier molecular flexibility index (Phi) is 4.26. The number of likely N-dealkylation sites (N-methyl/N-ethyl adjacent to an activating group) is 1.